The highest BCUT2D eigenvalue weighted by atomic mass is 16.6. The van der Waals surface area contributed by atoms with E-state index in [9.17, 15) is 9.59 Å². The fourth-order valence-corrected chi connectivity index (χ4v) is 1.82. The lowest BCUT2D eigenvalue weighted by atomic mass is 10.2. The van der Waals surface area contributed by atoms with Crippen molar-refractivity contribution in [3.63, 3.8) is 0 Å². The molecule has 1 saturated carbocycles. The zero-order chi connectivity index (χ0) is 14.8. The number of nitrogen functional groups attached to an aromatic ring is 1. The first-order chi connectivity index (χ1) is 9.52. The summed E-state index contributed by atoms with van der Waals surface area (Å²) in [6.45, 7) is 2.05. The summed E-state index contributed by atoms with van der Waals surface area (Å²) in [4.78, 5) is 23.2. The Morgan fingerprint density at radius 1 is 1.35 bits per heavy atom. The molecule has 0 aliphatic heterocycles. The van der Waals surface area contributed by atoms with Crippen LogP contribution in [-0.2, 0) is 14.3 Å². The highest BCUT2D eigenvalue weighted by Gasteiger charge is 2.54. The van der Waals surface area contributed by atoms with Crippen molar-refractivity contribution in [2.75, 3.05) is 19.5 Å². The number of carbonyl (C=O) groups is 2. The zero-order valence-corrected chi connectivity index (χ0v) is 11.5. The molecule has 0 saturated heterocycles. The third-order valence-electron chi connectivity index (χ3n) is 3.09. The average Bonchev–Trinajstić information content (AvgIpc) is 3.21. The van der Waals surface area contributed by atoms with Gasteiger partial charge in [0.05, 0.1) is 25.0 Å². The molecule has 20 heavy (non-hydrogen) atoms. The maximum atomic E-state index is 11.8. The van der Waals surface area contributed by atoms with Crippen molar-refractivity contribution in [1.29, 1.82) is 0 Å². The molecule has 1 aliphatic rings. The summed E-state index contributed by atoms with van der Waals surface area (Å²) >= 11 is 0. The first-order valence-electron chi connectivity index (χ1n) is 6.36. The second-order valence-corrected chi connectivity index (χ2v) is 4.56. The monoisotopic (exact) mass is 279 g/mol. The van der Waals surface area contributed by atoms with Crippen molar-refractivity contribution in [3.05, 3.63) is 23.8 Å². The number of nitrogens with two attached hydrogens (primary N) is 1. The quantitative estimate of drug-likeness (QED) is 0.649. The molecule has 0 spiro atoms. The molecule has 6 nitrogen and oxygen atoms in total. The van der Waals surface area contributed by atoms with Crippen molar-refractivity contribution < 1.29 is 23.8 Å². The van der Waals surface area contributed by atoms with E-state index in [-0.39, 0.29) is 11.7 Å². The van der Waals surface area contributed by atoms with Crippen LogP contribution in [0, 0.1) is 0 Å². The number of ether oxygens (including phenoxy) is 3. The molecular weight excluding hydrogens is 262 g/mol. The van der Waals surface area contributed by atoms with Gasteiger partial charge in [-0.3, -0.25) is 0 Å². The molecule has 6 heteroatoms. The summed E-state index contributed by atoms with van der Waals surface area (Å²) in [5, 5.41) is 0. The zero-order valence-electron chi connectivity index (χ0n) is 11.5. The van der Waals surface area contributed by atoms with Gasteiger partial charge in [0.2, 0.25) is 5.60 Å². The summed E-state index contributed by atoms with van der Waals surface area (Å²) in [6, 6.07) is 4.56. The van der Waals surface area contributed by atoms with Crippen LogP contribution in [0.5, 0.6) is 5.75 Å². The lowest BCUT2D eigenvalue weighted by Gasteiger charge is -2.18. The number of carbonyl (C=O) groups excluding carboxylic acids is 2. The summed E-state index contributed by atoms with van der Waals surface area (Å²) in [5.41, 5.74) is 5.53. The Bertz CT molecular complexity index is 536. The van der Waals surface area contributed by atoms with Crippen LogP contribution in [0.4, 0.5) is 5.69 Å². The molecule has 2 N–H and O–H groups in total. The molecule has 0 unspecified atom stereocenters. The molecule has 0 bridgehead atoms. The topological polar surface area (TPSA) is 87.8 Å². The number of esters is 2. The third kappa shape index (κ3) is 2.68. The van der Waals surface area contributed by atoms with E-state index in [4.69, 9.17) is 15.2 Å². The van der Waals surface area contributed by atoms with E-state index in [0.717, 1.165) is 0 Å². The average molecular weight is 279 g/mol. The standard InChI is InChI=1S/C14H17NO5/c1-3-19-13(17)14(6-7-14)20-11-5-4-9(8-10(11)15)12(16)18-2/h4-5,8H,3,6-7,15H2,1-2H3. The van der Waals surface area contributed by atoms with Gasteiger partial charge in [0.1, 0.15) is 5.75 Å². The lowest BCUT2D eigenvalue weighted by molar-refractivity contribution is -0.153. The minimum absolute atomic E-state index is 0.281. The molecule has 1 aliphatic carbocycles. The molecule has 0 amide bonds. The Balaban J connectivity index is 2.15. The van der Waals surface area contributed by atoms with Crippen LogP contribution in [0.25, 0.3) is 0 Å². The van der Waals surface area contributed by atoms with Crippen molar-refractivity contribution >= 4 is 17.6 Å². The normalized spacial score (nSPS) is 15.3. The highest BCUT2D eigenvalue weighted by Crippen LogP contribution is 2.43. The first kappa shape index (κ1) is 14.2. The Morgan fingerprint density at radius 2 is 2.05 bits per heavy atom. The van der Waals surface area contributed by atoms with Gasteiger partial charge in [0.25, 0.3) is 0 Å². The van der Waals surface area contributed by atoms with E-state index >= 15 is 0 Å². The largest absolute Gasteiger partial charge is 0.473 e. The molecule has 1 aromatic carbocycles. The maximum Gasteiger partial charge on any atom is 0.350 e. The fraction of sp³-hybridized carbons (Fsp3) is 0.429. The third-order valence-corrected chi connectivity index (χ3v) is 3.09. The van der Waals surface area contributed by atoms with Crippen LogP contribution in [0.1, 0.15) is 30.1 Å². The summed E-state index contributed by atoms with van der Waals surface area (Å²) in [7, 11) is 1.29. The molecule has 1 aromatic rings. The van der Waals surface area contributed by atoms with Crippen molar-refractivity contribution in [3.8, 4) is 5.75 Å². The van der Waals surface area contributed by atoms with Gasteiger partial charge < -0.3 is 19.9 Å². The maximum absolute atomic E-state index is 11.8. The van der Waals surface area contributed by atoms with Gasteiger partial charge >= 0.3 is 11.9 Å². The first-order valence-corrected chi connectivity index (χ1v) is 6.36. The number of rotatable bonds is 5. The van der Waals surface area contributed by atoms with Gasteiger partial charge in [0.15, 0.2) is 0 Å². The number of hydrogen-bond acceptors (Lipinski definition) is 6. The molecular formula is C14H17NO5. The smallest absolute Gasteiger partial charge is 0.350 e. The molecule has 0 heterocycles. The number of methoxy groups -OCH3 is 1. The van der Waals surface area contributed by atoms with Crippen LogP contribution in [0.15, 0.2) is 18.2 Å². The highest BCUT2D eigenvalue weighted by molar-refractivity contribution is 5.91. The summed E-state index contributed by atoms with van der Waals surface area (Å²) < 4.78 is 15.3. The van der Waals surface area contributed by atoms with Gasteiger partial charge in [-0.05, 0) is 25.1 Å². The summed E-state index contributed by atoms with van der Waals surface area (Å²) in [6.07, 6.45) is 1.20. The van der Waals surface area contributed by atoms with E-state index < -0.39 is 11.6 Å². The fourth-order valence-electron chi connectivity index (χ4n) is 1.82. The second-order valence-electron chi connectivity index (χ2n) is 4.56. The lowest BCUT2D eigenvalue weighted by Crippen LogP contribution is -2.31. The Labute approximate surface area is 116 Å². The van der Waals surface area contributed by atoms with E-state index in [1.807, 2.05) is 0 Å². The number of anilines is 1. The van der Waals surface area contributed by atoms with Crippen LogP contribution in [-0.4, -0.2) is 31.3 Å². The van der Waals surface area contributed by atoms with Gasteiger partial charge in [0, 0.05) is 12.8 Å². The second kappa shape index (κ2) is 5.40. The van der Waals surface area contributed by atoms with Gasteiger partial charge in [-0.25, -0.2) is 9.59 Å². The van der Waals surface area contributed by atoms with Crippen LogP contribution in [0.3, 0.4) is 0 Å². The van der Waals surface area contributed by atoms with Crippen LogP contribution < -0.4 is 10.5 Å². The summed E-state index contributed by atoms with van der Waals surface area (Å²) in [5.74, 6) is -0.491. The van der Waals surface area contributed by atoms with E-state index in [2.05, 4.69) is 4.74 Å². The van der Waals surface area contributed by atoms with Gasteiger partial charge in [-0.15, -0.1) is 0 Å². The van der Waals surface area contributed by atoms with Crippen LogP contribution >= 0.6 is 0 Å². The van der Waals surface area contributed by atoms with Gasteiger partial charge in [-0.2, -0.15) is 0 Å². The molecule has 0 atom stereocenters. The van der Waals surface area contributed by atoms with E-state index in [1.165, 1.54) is 13.2 Å². The Kier molecular flexibility index (Phi) is 3.83. The number of benzene rings is 1. The van der Waals surface area contributed by atoms with Crippen molar-refractivity contribution in [2.24, 2.45) is 0 Å². The predicted octanol–water partition coefficient (Wildman–Crippen LogP) is 1.53. The SMILES string of the molecule is CCOC(=O)C1(Oc2ccc(C(=O)OC)cc2N)CC1. The minimum atomic E-state index is -0.920. The molecule has 0 aromatic heterocycles. The minimum Gasteiger partial charge on any atom is -0.473 e. The van der Waals surface area contributed by atoms with E-state index in [1.54, 1.807) is 19.1 Å². The molecule has 1 fully saturated rings. The Morgan fingerprint density at radius 3 is 2.55 bits per heavy atom. The molecule has 0 radical (unpaired) electrons. The molecule has 108 valence electrons. The van der Waals surface area contributed by atoms with E-state index in [0.29, 0.717) is 30.8 Å². The van der Waals surface area contributed by atoms with Crippen molar-refractivity contribution in [2.45, 2.75) is 25.4 Å². The van der Waals surface area contributed by atoms with Gasteiger partial charge in [-0.1, -0.05) is 0 Å². The molecule has 2 rings (SSSR count). The predicted molar refractivity (Wildman–Crippen MR) is 71.4 cm³/mol. The van der Waals surface area contributed by atoms with Crippen molar-refractivity contribution in [1.82, 2.24) is 0 Å². The van der Waals surface area contributed by atoms with Crippen LogP contribution in [0.2, 0.25) is 0 Å². The Hall–Kier alpha value is -2.24. The number of hydrogen-bond donors (Lipinski definition) is 1.